The van der Waals surface area contributed by atoms with E-state index in [4.69, 9.17) is 0 Å². The van der Waals surface area contributed by atoms with Crippen LogP contribution in [-0.2, 0) is 0 Å². The molecule has 0 atom stereocenters. The van der Waals surface area contributed by atoms with Gasteiger partial charge in [-0.1, -0.05) is 0 Å². The Hall–Kier alpha value is -0.490. The maximum atomic E-state index is 10.5. The number of hydrogen-bond acceptors (Lipinski definition) is 5. The van der Waals surface area contributed by atoms with Crippen LogP contribution in [0, 0.1) is 0 Å². The van der Waals surface area contributed by atoms with E-state index >= 15 is 0 Å². The zero-order valence-electron chi connectivity index (χ0n) is 4.66. The van der Waals surface area contributed by atoms with E-state index in [1.165, 1.54) is 0 Å². The van der Waals surface area contributed by atoms with Gasteiger partial charge in [0.05, 0.1) is 0 Å². The van der Waals surface area contributed by atoms with Gasteiger partial charge < -0.3 is 5.32 Å². The minimum absolute atomic E-state index is 0.340. The Morgan fingerprint density at radius 1 is 1.89 bits per heavy atom. The number of nitrogens with zero attached hydrogens (tertiary/aromatic N) is 2. The molecule has 1 rings (SSSR count). The molecule has 4 nitrogen and oxygen atoms in total. The summed E-state index contributed by atoms with van der Waals surface area (Å²) in [6, 6.07) is 0. The van der Waals surface area contributed by atoms with E-state index in [2.05, 4.69) is 23.1 Å². The average Bonchev–Trinajstić information content (AvgIpc) is 2.13. The summed E-state index contributed by atoms with van der Waals surface area (Å²) in [5.41, 5.74) is -0.340. The lowest BCUT2D eigenvalue weighted by molar-refractivity contribution is 1.16. The molecule has 0 aliphatic carbocycles. The van der Waals surface area contributed by atoms with E-state index in [9.17, 15) is 4.79 Å². The molecular formula is C3H5N3OS2. The van der Waals surface area contributed by atoms with Crippen LogP contribution in [0.4, 0.5) is 5.13 Å². The van der Waals surface area contributed by atoms with E-state index in [1.54, 1.807) is 7.05 Å². The molecule has 0 saturated carbocycles. The van der Waals surface area contributed by atoms with E-state index < -0.39 is 0 Å². The maximum absolute atomic E-state index is 10.5. The molecule has 0 bridgehead atoms. The van der Waals surface area contributed by atoms with Gasteiger partial charge >= 0.3 is 5.69 Å². The van der Waals surface area contributed by atoms with Crippen molar-refractivity contribution in [2.75, 3.05) is 12.4 Å². The van der Waals surface area contributed by atoms with Crippen molar-refractivity contribution in [1.29, 1.82) is 0 Å². The van der Waals surface area contributed by atoms with Gasteiger partial charge in [-0.3, -0.25) is 0 Å². The molecule has 1 heterocycles. The highest BCUT2D eigenvalue weighted by Crippen LogP contribution is 2.06. The topological polar surface area (TPSA) is 46.9 Å². The maximum Gasteiger partial charge on any atom is 0.369 e. The van der Waals surface area contributed by atoms with E-state index in [-0.39, 0.29) is 5.69 Å². The Bertz CT molecular complexity index is 252. The van der Waals surface area contributed by atoms with Crippen LogP contribution in [0.3, 0.4) is 0 Å². The highest BCUT2D eigenvalue weighted by molar-refractivity contribution is 7.80. The highest BCUT2D eigenvalue weighted by atomic mass is 32.2. The lowest BCUT2D eigenvalue weighted by Crippen LogP contribution is -2.06. The fourth-order valence-corrected chi connectivity index (χ4v) is 1.14. The molecule has 0 aliphatic rings. The molecule has 0 unspecified atom stereocenters. The van der Waals surface area contributed by atoms with Gasteiger partial charge in [0, 0.05) is 7.05 Å². The fourth-order valence-electron chi connectivity index (χ4n) is 0.373. The first kappa shape index (κ1) is 6.63. The minimum atomic E-state index is -0.340. The van der Waals surface area contributed by atoms with Gasteiger partial charge in [-0.15, -0.1) is 0 Å². The third-order valence-corrected chi connectivity index (χ3v) is 1.96. The Morgan fingerprint density at radius 3 is 2.78 bits per heavy atom. The molecule has 0 saturated heterocycles. The van der Waals surface area contributed by atoms with Crippen molar-refractivity contribution >= 4 is 29.5 Å². The zero-order valence-corrected chi connectivity index (χ0v) is 6.37. The van der Waals surface area contributed by atoms with Gasteiger partial charge in [0.25, 0.3) is 0 Å². The van der Waals surface area contributed by atoms with Crippen molar-refractivity contribution in [2.24, 2.45) is 0 Å². The highest BCUT2D eigenvalue weighted by Gasteiger charge is 1.98. The summed E-state index contributed by atoms with van der Waals surface area (Å²) in [7, 11) is 1.70. The van der Waals surface area contributed by atoms with E-state index in [0.29, 0.717) is 5.13 Å². The SMILES string of the molecule is CNc1nc(=O)n(S)s1. The predicted molar refractivity (Wildman–Crippen MR) is 40.3 cm³/mol. The summed E-state index contributed by atoms with van der Waals surface area (Å²) in [6.45, 7) is 0. The van der Waals surface area contributed by atoms with Crippen molar-refractivity contribution in [3.05, 3.63) is 10.5 Å². The average molecular weight is 163 g/mol. The molecule has 0 radical (unpaired) electrons. The third kappa shape index (κ3) is 1.25. The smallest absolute Gasteiger partial charge is 0.363 e. The van der Waals surface area contributed by atoms with Crippen LogP contribution in [0.25, 0.3) is 0 Å². The Balaban J connectivity index is 3.13. The van der Waals surface area contributed by atoms with Crippen LogP contribution in [-0.4, -0.2) is 15.4 Å². The molecule has 1 N–H and O–H groups in total. The molecule has 1 aromatic rings. The summed E-state index contributed by atoms with van der Waals surface area (Å²) in [6.07, 6.45) is 0. The second kappa shape index (κ2) is 2.40. The predicted octanol–water partition coefficient (Wildman–Crippen LogP) is 0.0394. The minimum Gasteiger partial charge on any atom is -0.363 e. The lowest BCUT2D eigenvalue weighted by Gasteiger charge is -1.83. The van der Waals surface area contributed by atoms with Crippen molar-refractivity contribution in [3.8, 4) is 0 Å². The molecule has 9 heavy (non-hydrogen) atoms. The fraction of sp³-hybridized carbons (Fsp3) is 0.333. The normalized spacial score (nSPS) is 9.56. The van der Waals surface area contributed by atoms with Gasteiger partial charge in [0.15, 0.2) is 0 Å². The monoisotopic (exact) mass is 163 g/mol. The van der Waals surface area contributed by atoms with Gasteiger partial charge in [-0.2, -0.15) is 8.35 Å². The van der Waals surface area contributed by atoms with Gasteiger partial charge in [-0.25, -0.2) is 4.79 Å². The summed E-state index contributed by atoms with van der Waals surface area (Å²) < 4.78 is 1.16. The molecule has 0 spiro atoms. The summed E-state index contributed by atoms with van der Waals surface area (Å²) in [4.78, 5) is 14.1. The van der Waals surface area contributed by atoms with Crippen LogP contribution in [0.2, 0.25) is 0 Å². The van der Waals surface area contributed by atoms with Crippen LogP contribution in [0.15, 0.2) is 4.79 Å². The number of aromatic nitrogens is 2. The first-order chi connectivity index (χ1) is 4.24. The largest absolute Gasteiger partial charge is 0.369 e. The van der Waals surface area contributed by atoms with Crippen molar-refractivity contribution in [3.63, 3.8) is 0 Å². The van der Waals surface area contributed by atoms with Gasteiger partial charge in [-0.05, 0) is 24.3 Å². The number of anilines is 1. The Kier molecular flexibility index (Phi) is 1.77. The number of thiol groups is 1. The number of nitrogens with one attached hydrogen (secondary N) is 1. The molecule has 0 aliphatic heterocycles. The summed E-state index contributed by atoms with van der Waals surface area (Å²) >= 11 is 4.95. The second-order valence-corrected chi connectivity index (χ2v) is 2.92. The van der Waals surface area contributed by atoms with Crippen LogP contribution < -0.4 is 11.0 Å². The van der Waals surface area contributed by atoms with E-state index in [1.807, 2.05) is 0 Å². The standard InChI is InChI=1S/C3H5N3OS2/c1-4-2-5-3(7)6(8)9-2/h8H,1H3,(H,4,5,7). The lowest BCUT2D eigenvalue weighted by atomic mass is 11.1. The third-order valence-electron chi connectivity index (χ3n) is 0.748. The Morgan fingerprint density at radius 2 is 2.56 bits per heavy atom. The molecule has 1 aromatic heterocycles. The molecular weight excluding hydrogens is 158 g/mol. The van der Waals surface area contributed by atoms with Crippen LogP contribution >= 0.6 is 24.3 Å². The van der Waals surface area contributed by atoms with Crippen molar-refractivity contribution in [2.45, 2.75) is 0 Å². The summed E-state index contributed by atoms with van der Waals surface area (Å²) in [5.74, 6) is 0. The van der Waals surface area contributed by atoms with Crippen LogP contribution in [0.5, 0.6) is 0 Å². The zero-order chi connectivity index (χ0) is 6.85. The quantitative estimate of drug-likeness (QED) is 0.575. The summed E-state index contributed by atoms with van der Waals surface area (Å²) in [5, 5.41) is 3.31. The first-order valence-electron chi connectivity index (χ1n) is 2.21. The van der Waals surface area contributed by atoms with Gasteiger partial charge in [0.1, 0.15) is 0 Å². The Labute approximate surface area is 61.2 Å². The number of hydrogen-bond donors (Lipinski definition) is 2. The molecule has 0 amide bonds. The van der Waals surface area contributed by atoms with Crippen molar-refractivity contribution in [1.82, 2.24) is 8.35 Å². The van der Waals surface area contributed by atoms with Crippen LogP contribution in [0.1, 0.15) is 0 Å². The number of rotatable bonds is 1. The van der Waals surface area contributed by atoms with E-state index in [0.717, 1.165) is 14.9 Å². The second-order valence-electron chi connectivity index (χ2n) is 1.31. The van der Waals surface area contributed by atoms with Gasteiger partial charge in [0.2, 0.25) is 5.13 Å². The molecule has 0 fully saturated rings. The molecule has 0 aromatic carbocycles. The molecule has 50 valence electrons. The first-order valence-corrected chi connectivity index (χ1v) is 3.39. The molecule has 6 heteroatoms. The van der Waals surface area contributed by atoms with Crippen molar-refractivity contribution < 1.29 is 0 Å².